The Labute approximate surface area is 150 Å². The summed E-state index contributed by atoms with van der Waals surface area (Å²) in [7, 11) is 0. The Kier molecular flexibility index (Phi) is 5.10. The number of halogens is 2. The van der Waals surface area contributed by atoms with Gasteiger partial charge in [-0.05, 0) is 30.7 Å². The van der Waals surface area contributed by atoms with E-state index in [1.807, 2.05) is 37.3 Å². The molecule has 0 bridgehead atoms. The highest BCUT2D eigenvalue weighted by Gasteiger charge is 2.12. The van der Waals surface area contributed by atoms with Crippen LogP contribution in [0.3, 0.4) is 0 Å². The first-order valence-corrected chi connectivity index (χ1v) is 8.23. The normalized spacial score (nSPS) is 11.2. The van der Waals surface area contributed by atoms with E-state index < -0.39 is 5.82 Å². The van der Waals surface area contributed by atoms with Crippen molar-refractivity contribution in [3.05, 3.63) is 76.7 Å². The van der Waals surface area contributed by atoms with Crippen molar-refractivity contribution in [1.82, 2.24) is 4.98 Å². The highest BCUT2D eigenvalue weighted by molar-refractivity contribution is 6.31. The lowest BCUT2D eigenvalue weighted by Crippen LogP contribution is -1.96. The Bertz CT molecular complexity index is 926. The number of hydrogen-bond donors (Lipinski definition) is 1. The topological polar surface area (TPSA) is 45.5 Å². The zero-order valence-corrected chi connectivity index (χ0v) is 14.3. The van der Waals surface area contributed by atoms with Gasteiger partial charge in [-0.2, -0.15) is 0 Å². The minimum atomic E-state index is -0.494. The molecule has 0 aliphatic heterocycles. The van der Waals surface area contributed by atoms with Crippen LogP contribution >= 0.6 is 11.6 Å². The molecule has 0 aliphatic carbocycles. The summed E-state index contributed by atoms with van der Waals surface area (Å²) in [6.07, 6.45) is 2.26. The molecule has 126 valence electrons. The molecule has 0 atom stereocenters. The SMILES string of the molecule is CCc1cc(/C=N/c2ccc(F)c(Cl)c2)c(O)c(-c2ccccc2)n1. The molecule has 0 unspecified atom stereocenters. The molecule has 1 N–H and O–H groups in total. The molecule has 0 radical (unpaired) electrons. The van der Waals surface area contributed by atoms with Crippen LogP contribution in [0, 0.1) is 5.82 Å². The molecule has 2 aromatic carbocycles. The molecular formula is C20H16ClFN2O. The molecule has 1 heterocycles. The van der Waals surface area contributed by atoms with Gasteiger partial charge in [-0.15, -0.1) is 0 Å². The lowest BCUT2D eigenvalue weighted by atomic mass is 10.1. The van der Waals surface area contributed by atoms with Crippen molar-refractivity contribution in [3.63, 3.8) is 0 Å². The van der Waals surface area contributed by atoms with Gasteiger partial charge in [0, 0.05) is 23.0 Å². The number of hydrogen-bond acceptors (Lipinski definition) is 3. The Hall–Kier alpha value is -2.72. The second-order valence-corrected chi connectivity index (χ2v) is 5.88. The lowest BCUT2D eigenvalue weighted by Gasteiger charge is -2.09. The first kappa shape index (κ1) is 17.1. The number of aromatic hydroxyl groups is 1. The molecule has 0 aliphatic rings. The molecule has 3 aromatic rings. The van der Waals surface area contributed by atoms with E-state index in [-0.39, 0.29) is 10.8 Å². The third kappa shape index (κ3) is 3.86. The molecular weight excluding hydrogens is 339 g/mol. The number of benzene rings is 2. The summed E-state index contributed by atoms with van der Waals surface area (Å²) < 4.78 is 13.2. The van der Waals surface area contributed by atoms with Crippen LogP contribution in [0.4, 0.5) is 10.1 Å². The summed E-state index contributed by atoms with van der Waals surface area (Å²) >= 11 is 5.77. The minimum Gasteiger partial charge on any atom is -0.505 e. The monoisotopic (exact) mass is 354 g/mol. The number of aliphatic imine (C=N–C) groups is 1. The molecule has 0 saturated heterocycles. The van der Waals surface area contributed by atoms with Crippen LogP contribution in [0.1, 0.15) is 18.2 Å². The van der Waals surface area contributed by atoms with Gasteiger partial charge in [0.1, 0.15) is 11.5 Å². The maximum atomic E-state index is 13.2. The molecule has 3 nitrogen and oxygen atoms in total. The summed E-state index contributed by atoms with van der Waals surface area (Å²) in [6, 6.07) is 15.5. The zero-order chi connectivity index (χ0) is 17.8. The lowest BCUT2D eigenvalue weighted by molar-refractivity contribution is 0.473. The minimum absolute atomic E-state index is 0.00724. The Morgan fingerprint density at radius 3 is 2.60 bits per heavy atom. The van der Waals surface area contributed by atoms with Crippen molar-refractivity contribution in [2.24, 2.45) is 4.99 Å². The molecule has 0 saturated carbocycles. The van der Waals surface area contributed by atoms with E-state index in [0.717, 1.165) is 17.7 Å². The summed E-state index contributed by atoms with van der Waals surface area (Å²) in [5.74, 6) is -0.438. The van der Waals surface area contributed by atoms with Crippen LogP contribution in [-0.4, -0.2) is 16.3 Å². The second-order valence-electron chi connectivity index (χ2n) is 5.48. The Balaban J connectivity index is 2.03. The van der Waals surface area contributed by atoms with E-state index in [1.54, 1.807) is 6.07 Å². The Morgan fingerprint density at radius 2 is 1.92 bits per heavy atom. The van der Waals surface area contributed by atoms with Crippen LogP contribution in [0.2, 0.25) is 5.02 Å². The van der Waals surface area contributed by atoms with Gasteiger partial charge in [-0.25, -0.2) is 9.37 Å². The summed E-state index contributed by atoms with van der Waals surface area (Å²) in [6.45, 7) is 1.99. The van der Waals surface area contributed by atoms with Gasteiger partial charge >= 0.3 is 0 Å². The van der Waals surface area contributed by atoms with Gasteiger partial charge in [-0.3, -0.25) is 4.99 Å². The quantitative estimate of drug-likeness (QED) is 0.623. The molecule has 0 amide bonds. The fourth-order valence-electron chi connectivity index (χ4n) is 2.40. The predicted molar refractivity (Wildman–Crippen MR) is 99.4 cm³/mol. The standard InChI is InChI=1S/C20H16ClFN2O/c1-2-15-10-14(12-23-16-8-9-18(22)17(21)11-16)20(25)19(24-15)13-6-4-3-5-7-13/h3-12,25H,2H2,1H3/b23-12+. The van der Waals surface area contributed by atoms with Gasteiger partial charge in [-0.1, -0.05) is 48.9 Å². The third-order valence-electron chi connectivity index (χ3n) is 3.74. The molecule has 5 heteroatoms. The predicted octanol–water partition coefficient (Wildman–Crippen LogP) is 5.56. The summed E-state index contributed by atoms with van der Waals surface area (Å²) in [4.78, 5) is 8.81. The Morgan fingerprint density at radius 1 is 1.16 bits per heavy atom. The fourth-order valence-corrected chi connectivity index (χ4v) is 2.57. The van der Waals surface area contributed by atoms with Crippen LogP contribution < -0.4 is 0 Å². The van der Waals surface area contributed by atoms with Gasteiger partial charge in [0.15, 0.2) is 5.75 Å². The smallest absolute Gasteiger partial charge is 0.150 e. The van der Waals surface area contributed by atoms with E-state index in [9.17, 15) is 9.50 Å². The third-order valence-corrected chi connectivity index (χ3v) is 4.03. The van der Waals surface area contributed by atoms with Crippen molar-refractivity contribution in [2.45, 2.75) is 13.3 Å². The van der Waals surface area contributed by atoms with Crippen molar-refractivity contribution in [2.75, 3.05) is 0 Å². The van der Waals surface area contributed by atoms with Gasteiger partial charge in [0.05, 0.1) is 10.7 Å². The largest absolute Gasteiger partial charge is 0.505 e. The zero-order valence-electron chi connectivity index (χ0n) is 13.6. The first-order chi connectivity index (χ1) is 12.1. The number of aryl methyl sites for hydroxylation is 1. The highest BCUT2D eigenvalue weighted by Crippen LogP contribution is 2.31. The number of aromatic nitrogens is 1. The molecule has 25 heavy (non-hydrogen) atoms. The van der Waals surface area contributed by atoms with Gasteiger partial charge < -0.3 is 5.11 Å². The highest BCUT2D eigenvalue weighted by atomic mass is 35.5. The number of rotatable bonds is 4. The van der Waals surface area contributed by atoms with Gasteiger partial charge in [0.2, 0.25) is 0 Å². The molecule has 0 spiro atoms. The summed E-state index contributed by atoms with van der Waals surface area (Å²) in [5.41, 5.74) is 3.23. The molecule has 0 fully saturated rings. The van der Waals surface area contributed by atoms with E-state index in [4.69, 9.17) is 11.6 Å². The number of pyridine rings is 1. The summed E-state index contributed by atoms with van der Waals surface area (Å²) in [5, 5.41) is 10.6. The maximum absolute atomic E-state index is 13.2. The maximum Gasteiger partial charge on any atom is 0.150 e. The van der Waals surface area contributed by atoms with Gasteiger partial charge in [0.25, 0.3) is 0 Å². The van der Waals surface area contributed by atoms with E-state index in [2.05, 4.69) is 9.98 Å². The van der Waals surface area contributed by atoms with Crippen molar-refractivity contribution in [1.29, 1.82) is 0 Å². The number of nitrogens with zero attached hydrogens (tertiary/aromatic N) is 2. The second kappa shape index (κ2) is 7.45. The molecule has 3 rings (SSSR count). The van der Waals surface area contributed by atoms with Crippen LogP contribution in [0.15, 0.2) is 59.6 Å². The van der Waals surface area contributed by atoms with Crippen molar-refractivity contribution in [3.8, 4) is 17.0 Å². The van der Waals surface area contributed by atoms with Crippen LogP contribution in [-0.2, 0) is 6.42 Å². The van der Waals surface area contributed by atoms with E-state index in [0.29, 0.717) is 16.9 Å². The van der Waals surface area contributed by atoms with E-state index in [1.165, 1.54) is 24.4 Å². The fraction of sp³-hybridized carbons (Fsp3) is 0.100. The van der Waals surface area contributed by atoms with Crippen LogP contribution in [0.5, 0.6) is 5.75 Å². The van der Waals surface area contributed by atoms with Crippen LogP contribution in [0.25, 0.3) is 11.3 Å². The van der Waals surface area contributed by atoms with E-state index >= 15 is 0 Å². The van der Waals surface area contributed by atoms with Crippen molar-refractivity contribution < 1.29 is 9.50 Å². The average molecular weight is 355 g/mol. The molecule has 1 aromatic heterocycles. The van der Waals surface area contributed by atoms with Crippen molar-refractivity contribution >= 4 is 23.5 Å². The average Bonchev–Trinajstić information content (AvgIpc) is 2.64. The first-order valence-electron chi connectivity index (χ1n) is 7.86.